The zero-order chi connectivity index (χ0) is 12.3. The molecule has 6 heteroatoms. The highest BCUT2D eigenvalue weighted by Crippen LogP contribution is 2.11. The number of aromatic nitrogens is 3. The number of nitrogens with zero attached hydrogens (tertiary/aromatic N) is 3. The van der Waals surface area contributed by atoms with Crippen LogP contribution in [0, 0.1) is 0 Å². The third kappa shape index (κ3) is 2.47. The van der Waals surface area contributed by atoms with E-state index in [1.165, 1.54) is 7.11 Å². The van der Waals surface area contributed by atoms with E-state index in [0.717, 1.165) is 0 Å². The molecule has 0 radical (unpaired) electrons. The summed E-state index contributed by atoms with van der Waals surface area (Å²) in [4.78, 5) is 11.5. The van der Waals surface area contributed by atoms with Gasteiger partial charge in [0.15, 0.2) is 0 Å². The van der Waals surface area contributed by atoms with Gasteiger partial charge in [-0.3, -0.25) is 4.68 Å². The molecule has 6 nitrogen and oxygen atoms in total. The Morgan fingerprint density at radius 3 is 3.00 bits per heavy atom. The molecular formula is C11H14N4O2. The van der Waals surface area contributed by atoms with Gasteiger partial charge in [0.05, 0.1) is 19.3 Å². The first-order chi connectivity index (χ1) is 8.20. The van der Waals surface area contributed by atoms with Gasteiger partial charge in [-0.05, 0) is 12.1 Å². The van der Waals surface area contributed by atoms with Crippen LogP contribution in [0.5, 0.6) is 0 Å². The smallest absolute Gasteiger partial charge is 0.354 e. The first-order valence-electron chi connectivity index (χ1n) is 5.22. The summed E-state index contributed by atoms with van der Waals surface area (Å²) in [5.74, 6) is -0.387. The summed E-state index contributed by atoms with van der Waals surface area (Å²) >= 11 is 0. The van der Waals surface area contributed by atoms with E-state index in [9.17, 15) is 4.79 Å². The van der Waals surface area contributed by atoms with Crippen molar-refractivity contribution >= 4 is 11.7 Å². The van der Waals surface area contributed by atoms with Crippen molar-refractivity contribution in [2.24, 2.45) is 0 Å². The van der Waals surface area contributed by atoms with Crippen molar-refractivity contribution in [3.63, 3.8) is 0 Å². The monoisotopic (exact) mass is 234 g/mol. The molecule has 0 saturated carbocycles. The summed E-state index contributed by atoms with van der Waals surface area (Å²) in [6.07, 6.45) is 5.30. The summed E-state index contributed by atoms with van der Waals surface area (Å²) in [5, 5.41) is 4.09. The van der Waals surface area contributed by atoms with E-state index in [0.29, 0.717) is 24.5 Å². The highest BCUT2D eigenvalue weighted by Gasteiger charge is 2.12. The summed E-state index contributed by atoms with van der Waals surface area (Å²) in [6, 6.07) is 3.46. The number of hydrogen-bond donors (Lipinski definition) is 1. The van der Waals surface area contributed by atoms with Gasteiger partial charge < -0.3 is 15.0 Å². The molecule has 2 rings (SSSR count). The molecule has 0 unspecified atom stereocenters. The number of carbonyl (C=O) groups is 1. The molecule has 0 spiro atoms. The molecule has 2 N–H and O–H groups in total. The molecule has 2 heterocycles. The van der Waals surface area contributed by atoms with Crippen molar-refractivity contribution in [1.82, 2.24) is 14.3 Å². The number of aryl methyl sites for hydroxylation is 2. The van der Waals surface area contributed by atoms with Crippen LogP contribution >= 0.6 is 0 Å². The zero-order valence-electron chi connectivity index (χ0n) is 9.54. The Bertz CT molecular complexity index is 502. The highest BCUT2D eigenvalue weighted by atomic mass is 16.5. The van der Waals surface area contributed by atoms with Crippen LogP contribution < -0.4 is 5.73 Å². The minimum atomic E-state index is -0.387. The number of anilines is 1. The van der Waals surface area contributed by atoms with Crippen molar-refractivity contribution < 1.29 is 9.53 Å². The Labute approximate surface area is 98.6 Å². The summed E-state index contributed by atoms with van der Waals surface area (Å²) in [5.41, 5.74) is 6.67. The number of ether oxygens (including phenoxy) is 1. The number of carbonyl (C=O) groups excluding carboxylic acids is 1. The number of nitrogens with two attached hydrogens (primary N) is 1. The second-order valence-corrected chi connectivity index (χ2v) is 3.61. The fourth-order valence-corrected chi connectivity index (χ4v) is 1.64. The topological polar surface area (TPSA) is 75.1 Å². The van der Waals surface area contributed by atoms with Crippen molar-refractivity contribution in [2.75, 3.05) is 12.8 Å². The van der Waals surface area contributed by atoms with Crippen molar-refractivity contribution in [2.45, 2.75) is 13.1 Å². The SMILES string of the molecule is COC(=O)c1cc(N)cn1CCn1cccn1. The van der Waals surface area contributed by atoms with E-state index >= 15 is 0 Å². The third-order valence-corrected chi connectivity index (χ3v) is 2.44. The zero-order valence-corrected chi connectivity index (χ0v) is 9.54. The van der Waals surface area contributed by atoms with Gasteiger partial charge >= 0.3 is 5.97 Å². The van der Waals surface area contributed by atoms with Gasteiger partial charge in [0.25, 0.3) is 0 Å². The van der Waals surface area contributed by atoms with Crippen LogP contribution in [0.1, 0.15) is 10.5 Å². The predicted octanol–water partition coefficient (Wildman–Crippen LogP) is 0.754. The Morgan fingerprint density at radius 2 is 2.35 bits per heavy atom. The van der Waals surface area contributed by atoms with Crippen molar-refractivity contribution in [3.8, 4) is 0 Å². The molecule has 0 aromatic carbocycles. The molecule has 0 aliphatic carbocycles. The molecule has 2 aromatic heterocycles. The molecule has 2 aromatic rings. The molecule has 0 saturated heterocycles. The lowest BCUT2D eigenvalue weighted by molar-refractivity contribution is 0.0588. The largest absolute Gasteiger partial charge is 0.464 e. The van der Waals surface area contributed by atoms with E-state index < -0.39 is 0 Å². The quantitative estimate of drug-likeness (QED) is 0.792. The minimum Gasteiger partial charge on any atom is -0.464 e. The van der Waals surface area contributed by atoms with Crippen molar-refractivity contribution in [3.05, 3.63) is 36.4 Å². The minimum absolute atomic E-state index is 0.387. The molecule has 0 atom stereocenters. The van der Waals surface area contributed by atoms with E-state index in [1.54, 1.807) is 27.7 Å². The normalized spacial score (nSPS) is 10.4. The summed E-state index contributed by atoms with van der Waals surface area (Å²) < 4.78 is 8.25. The summed E-state index contributed by atoms with van der Waals surface area (Å²) in [6.45, 7) is 1.29. The number of esters is 1. The van der Waals surface area contributed by atoms with Crippen LogP contribution in [0.3, 0.4) is 0 Å². The maximum atomic E-state index is 11.5. The first kappa shape index (κ1) is 11.3. The Kier molecular flexibility index (Phi) is 3.13. The molecule has 0 aliphatic heterocycles. The lowest BCUT2D eigenvalue weighted by Gasteiger charge is -2.07. The molecule has 0 bridgehead atoms. The molecule has 17 heavy (non-hydrogen) atoms. The Morgan fingerprint density at radius 1 is 1.53 bits per heavy atom. The van der Waals surface area contributed by atoms with Gasteiger partial charge in [-0.15, -0.1) is 0 Å². The lowest BCUT2D eigenvalue weighted by Crippen LogP contribution is -2.13. The van der Waals surface area contributed by atoms with Gasteiger partial charge in [-0.2, -0.15) is 5.10 Å². The molecule has 0 aliphatic rings. The predicted molar refractivity (Wildman–Crippen MR) is 62.4 cm³/mol. The van der Waals surface area contributed by atoms with Crippen LogP contribution in [0.4, 0.5) is 5.69 Å². The van der Waals surface area contributed by atoms with Gasteiger partial charge in [-0.1, -0.05) is 0 Å². The first-order valence-corrected chi connectivity index (χ1v) is 5.22. The molecular weight excluding hydrogens is 220 g/mol. The average Bonchev–Trinajstić information content (AvgIpc) is 2.94. The van der Waals surface area contributed by atoms with Gasteiger partial charge in [0.2, 0.25) is 0 Å². The van der Waals surface area contributed by atoms with E-state index in [-0.39, 0.29) is 5.97 Å². The van der Waals surface area contributed by atoms with Crippen LogP contribution in [-0.4, -0.2) is 27.4 Å². The van der Waals surface area contributed by atoms with Gasteiger partial charge in [-0.25, -0.2) is 4.79 Å². The van der Waals surface area contributed by atoms with Crippen LogP contribution in [0.2, 0.25) is 0 Å². The lowest BCUT2D eigenvalue weighted by atomic mass is 10.4. The van der Waals surface area contributed by atoms with E-state index in [1.807, 2.05) is 12.3 Å². The highest BCUT2D eigenvalue weighted by molar-refractivity contribution is 5.88. The number of nitrogen functional groups attached to an aromatic ring is 1. The number of methoxy groups -OCH3 is 1. The Balaban J connectivity index is 2.12. The summed E-state index contributed by atoms with van der Waals surface area (Å²) in [7, 11) is 1.35. The molecule has 0 fully saturated rings. The molecule has 90 valence electrons. The third-order valence-electron chi connectivity index (χ3n) is 2.44. The second kappa shape index (κ2) is 4.73. The van der Waals surface area contributed by atoms with Crippen LogP contribution in [0.25, 0.3) is 0 Å². The van der Waals surface area contributed by atoms with Gasteiger partial charge in [0, 0.05) is 25.1 Å². The maximum Gasteiger partial charge on any atom is 0.354 e. The number of rotatable bonds is 4. The van der Waals surface area contributed by atoms with Crippen LogP contribution in [-0.2, 0) is 17.8 Å². The molecule has 0 amide bonds. The maximum absolute atomic E-state index is 11.5. The van der Waals surface area contributed by atoms with E-state index in [2.05, 4.69) is 9.84 Å². The fourth-order valence-electron chi connectivity index (χ4n) is 1.64. The number of hydrogen-bond acceptors (Lipinski definition) is 4. The Hall–Kier alpha value is -2.24. The van der Waals surface area contributed by atoms with E-state index in [4.69, 9.17) is 5.73 Å². The van der Waals surface area contributed by atoms with Crippen molar-refractivity contribution in [1.29, 1.82) is 0 Å². The van der Waals surface area contributed by atoms with Gasteiger partial charge in [0.1, 0.15) is 5.69 Å². The average molecular weight is 234 g/mol. The van der Waals surface area contributed by atoms with Crippen LogP contribution in [0.15, 0.2) is 30.7 Å². The standard InChI is InChI=1S/C11H14N4O2/c1-17-11(16)10-7-9(12)8-14(10)5-6-15-4-2-3-13-15/h2-4,7-8H,5-6,12H2,1H3. The fraction of sp³-hybridized carbons (Fsp3) is 0.273. The second-order valence-electron chi connectivity index (χ2n) is 3.61.